The van der Waals surface area contributed by atoms with Crippen molar-refractivity contribution in [1.29, 1.82) is 0 Å². The molecule has 104 valence electrons. The summed E-state index contributed by atoms with van der Waals surface area (Å²) >= 11 is 0. The van der Waals surface area contributed by atoms with E-state index in [9.17, 15) is 22.0 Å². The number of benzene rings is 1. The standard InChI is InChI=1S/C12H13F2NO3S/c13-10-4-3-9(6-11(10)14)15-12(16)8-2-1-5-19(17,18)7-8/h3-4,6,8H,1-2,5,7H2,(H,15,16). The maximum absolute atomic E-state index is 13.0. The van der Waals surface area contributed by atoms with Crippen LogP contribution in [0.15, 0.2) is 18.2 Å². The molecular weight excluding hydrogens is 276 g/mol. The van der Waals surface area contributed by atoms with E-state index in [0.29, 0.717) is 12.8 Å². The van der Waals surface area contributed by atoms with Crippen molar-refractivity contribution in [3.63, 3.8) is 0 Å². The summed E-state index contributed by atoms with van der Waals surface area (Å²) in [4.78, 5) is 11.9. The van der Waals surface area contributed by atoms with E-state index in [1.165, 1.54) is 6.07 Å². The third-order valence-corrected chi connectivity index (χ3v) is 4.84. The Hall–Kier alpha value is -1.50. The molecule has 1 heterocycles. The first-order chi connectivity index (χ1) is 8.87. The Morgan fingerprint density at radius 1 is 1.26 bits per heavy atom. The fourth-order valence-electron chi connectivity index (χ4n) is 2.05. The highest BCUT2D eigenvalue weighted by Crippen LogP contribution is 2.21. The van der Waals surface area contributed by atoms with Gasteiger partial charge in [0.15, 0.2) is 21.5 Å². The van der Waals surface area contributed by atoms with Crippen LogP contribution in [0.5, 0.6) is 0 Å². The van der Waals surface area contributed by atoms with Crippen LogP contribution in [0.1, 0.15) is 12.8 Å². The number of rotatable bonds is 2. The second-order valence-electron chi connectivity index (χ2n) is 4.57. The second kappa shape index (κ2) is 5.24. The summed E-state index contributed by atoms with van der Waals surface area (Å²) in [5.74, 6) is -3.27. The van der Waals surface area contributed by atoms with E-state index in [-0.39, 0.29) is 17.2 Å². The van der Waals surface area contributed by atoms with Crippen LogP contribution in [-0.4, -0.2) is 25.8 Å². The topological polar surface area (TPSA) is 63.2 Å². The monoisotopic (exact) mass is 289 g/mol. The van der Waals surface area contributed by atoms with E-state index in [1.54, 1.807) is 0 Å². The van der Waals surface area contributed by atoms with E-state index >= 15 is 0 Å². The van der Waals surface area contributed by atoms with Crippen LogP contribution >= 0.6 is 0 Å². The van der Waals surface area contributed by atoms with E-state index in [0.717, 1.165) is 12.1 Å². The number of hydrogen-bond donors (Lipinski definition) is 1. The van der Waals surface area contributed by atoms with Gasteiger partial charge in [-0.25, -0.2) is 17.2 Å². The first-order valence-electron chi connectivity index (χ1n) is 5.84. The van der Waals surface area contributed by atoms with Gasteiger partial charge >= 0.3 is 0 Å². The minimum atomic E-state index is -3.18. The molecule has 0 bridgehead atoms. The molecule has 1 fully saturated rings. The third-order valence-electron chi connectivity index (χ3n) is 3.02. The predicted octanol–water partition coefficient (Wildman–Crippen LogP) is 1.73. The average Bonchev–Trinajstić information content (AvgIpc) is 2.32. The van der Waals surface area contributed by atoms with Crippen LogP contribution in [0.4, 0.5) is 14.5 Å². The van der Waals surface area contributed by atoms with Crippen molar-refractivity contribution in [2.75, 3.05) is 16.8 Å². The lowest BCUT2D eigenvalue weighted by molar-refractivity contribution is -0.119. The molecule has 7 heteroatoms. The molecular formula is C12H13F2NO3S. The Balaban J connectivity index is 2.06. The smallest absolute Gasteiger partial charge is 0.228 e. The van der Waals surface area contributed by atoms with Gasteiger partial charge in [0.2, 0.25) is 5.91 Å². The summed E-state index contributed by atoms with van der Waals surface area (Å²) in [6, 6.07) is 3.00. The van der Waals surface area contributed by atoms with Crippen molar-refractivity contribution >= 4 is 21.4 Å². The third kappa shape index (κ3) is 3.50. The number of carbonyl (C=O) groups excluding carboxylic acids is 1. The van der Waals surface area contributed by atoms with Gasteiger partial charge in [-0.15, -0.1) is 0 Å². The molecule has 1 unspecified atom stereocenters. The predicted molar refractivity (Wildman–Crippen MR) is 66.4 cm³/mol. The quantitative estimate of drug-likeness (QED) is 0.902. The minimum absolute atomic E-state index is 0.0992. The van der Waals surface area contributed by atoms with Gasteiger partial charge < -0.3 is 5.32 Å². The number of halogens is 2. The summed E-state index contributed by atoms with van der Waals surface area (Å²) < 4.78 is 48.6. The summed E-state index contributed by atoms with van der Waals surface area (Å²) in [7, 11) is -3.18. The minimum Gasteiger partial charge on any atom is -0.326 e. The van der Waals surface area contributed by atoms with Crippen molar-refractivity contribution in [1.82, 2.24) is 0 Å². The molecule has 4 nitrogen and oxygen atoms in total. The molecule has 1 aromatic carbocycles. The number of carbonyl (C=O) groups is 1. The summed E-state index contributed by atoms with van der Waals surface area (Å²) in [6.07, 6.45) is 0.924. The number of sulfone groups is 1. The second-order valence-corrected chi connectivity index (χ2v) is 6.80. The lowest BCUT2D eigenvalue weighted by Crippen LogP contribution is -2.34. The van der Waals surface area contributed by atoms with Crippen LogP contribution in [0, 0.1) is 17.6 Å². The maximum atomic E-state index is 13.0. The molecule has 0 radical (unpaired) electrons. The molecule has 1 atom stereocenters. The number of amides is 1. The normalized spacial score (nSPS) is 21.9. The SMILES string of the molecule is O=C(Nc1ccc(F)c(F)c1)C1CCCS(=O)(=O)C1. The molecule has 0 aromatic heterocycles. The summed E-state index contributed by atoms with van der Waals surface area (Å²) in [5, 5.41) is 2.41. The van der Waals surface area contributed by atoms with E-state index < -0.39 is 33.3 Å². The Morgan fingerprint density at radius 2 is 2.00 bits per heavy atom. The van der Waals surface area contributed by atoms with Crippen LogP contribution in [0.3, 0.4) is 0 Å². The van der Waals surface area contributed by atoms with Crippen LogP contribution in [0.2, 0.25) is 0 Å². The molecule has 1 amide bonds. The van der Waals surface area contributed by atoms with Gasteiger partial charge in [-0.3, -0.25) is 4.79 Å². The first-order valence-corrected chi connectivity index (χ1v) is 7.66. The van der Waals surface area contributed by atoms with E-state index in [4.69, 9.17) is 0 Å². The number of nitrogens with one attached hydrogen (secondary N) is 1. The van der Waals surface area contributed by atoms with Crippen LogP contribution < -0.4 is 5.32 Å². The van der Waals surface area contributed by atoms with Gasteiger partial charge in [0.1, 0.15) is 0 Å². The summed E-state index contributed by atoms with van der Waals surface area (Å²) in [6.45, 7) is 0. The van der Waals surface area contributed by atoms with Gasteiger partial charge in [-0.05, 0) is 25.0 Å². The maximum Gasteiger partial charge on any atom is 0.228 e. The zero-order chi connectivity index (χ0) is 14.0. The van der Waals surface area contributed by atoms with Gasteiger partial charge in [-0.2, -0.15) is 0 Å². The zero-order valence-electron chi connectivity index (χ0n) is 10.0. The average molecular weight is 289 g/mol. The van der Waals surface area contributed by atoms with Gasteiger partial charge in [0.05, 0.1) is 17.4 Å². The Labute approximate surface area is 109 Å². The van der Waals surface area contributed by atoms with Crippen molar-refractivity contribution in [2.45, 2.75) is 12.8 Å². The molecule has 2 rings (SSSR count). The Bertz CT molecular complexity index is 601. The largest absolute Gasteiger partial charge is 0.326 e. The highest BCUT2D eigenvalue weighted by molar-refractivity contribution is 7.91. The van der Waals surface area contributed by atoms with Gasteiger partial charge in [-0.1, -0.05) is 0 Å². The lowest BCUT2D eigenvalue weighted by Gasteiger charge is -2.21. The zero-order valence-corrected chi connectivity index (χ0v) is 10.8. The van der Waals surface area contributed by atoms with E-state index in [2.05, 4.69) is 5.32 Å². The number of anilines is 1. The van der Waals surface area contributed by atoms with Gasteiger partial charge in [0.25, 0.3) is 0 Å². The van der Waals surface area contributed by atoms with Gasteiger partial charge in [0, 0.05) is 11.8 Å². The molecule has 1 aromatic rings. The molecule has 0 spiro atoms. The highest BCUT2D eigenvalue weighted by atomic mass is 32.2. The first kappa shape index (κ1) is 13.9. The molecule has 19 heavy (non-hydrogen) atoms. The molecule has 1 saturated heterocycles. The molecule has 0 saturated carbocycles. The number of hydrogen-bond acceptors (Lipinski definition) is 3. The van der Waals surface area contributed by atoms with Crippen molar-refractivity contribution in [3.05, 3.63) is 29.8 Å². The fraction of sp³-hybridized carbons (Fsp3) is 0.417. The summed E-state index contributed by atoms with van der Waals surface area (Å²) in [5.41, 5.74) is 0.117. The van der Waals surface area contributed by atoms with Crippen LogP contribution in [0.25, 0.3) is 0 Å². The Morgan fingerprint density at radius 3 is 2.63 bits per heavy atom. The Kier molecular flexibility index (Phi) is 3.84. The molecule has 1 N–H and O–H groups in total. The van der Waals surface area contributed by atoms with Crippen molar-refractivity contribution in [3.8, 4) is 0 Å². The van der Waals surface area contributed by atoms with E-state index in [1.807, 2.05) is 0 Å². The highest BCUT2D eigenvalue weighted by Gasteiger charge is 2.29. The van der Waals surface area contributed by atoms with Crippen LogP contribution in [-0.2, 0) is 14.6 Å². The molecule has 1 aliphatic heterocycles. The van der Waals surface area contributed by atoms with Crippen molar-refractivity contribution in [2.24, 2.45) is 5.92 Å². The molecule has 0 aliphatic carbocycles. The fourth-order valence-corrected chi connectivity index (χ4v) is 3.75. The lowest BCUT2D eigenvalue weighted by atomic mass is 10.0. The van der Waals surface area contributed by atoms with Crippen molar-refractivity contribution < 1.29 is 22.0 Å². The molecule has 1 aliphatic rings.